The molecule has 178 valence electrons. The molecule has 0 radical (unpaired) electrons. The van der Waals surface area contributed by atoms with E-state index in [9.17, 15) is 24.0 Å². The third kappa shape index (κ3) is 8.55. The van der Waals surface area contributed by atoms with E-state index in [0.29, 0.717) is 5.69 Å². The van der Waals surface area contributed by atoms with Crippen LogP contribution in [-0.4, -0.2) is 74.6 Å². The summed E-state index contributed by atoms with van der Waals surface area (Å²) in [4.78, 5) is 66.6. The van der Waals surface area contributed by atoms with Gasteiger partial charge in [-0.25, -0.2) is 9.78 Å². The van der Waals surface area contributed by atoms with Gasteiger partial charge in [-0.3, -0.25) is 19.2 Å². The second-order valence-electron chi connectivity index (χ2n) is 7.43. The molecule has 1 aromatic heterocycles. The number of rotatable bonds is 13. The number of carboxylic acid groups (broad SMARTS) is 1. The Labute approximate surface area is 189 Å². The Balaban J connectivity index is 2.94. The average Bonchev–Trinajstić information content (AvgIpc) is 3.22. The number of aliphatic carboxylic acids is 1. The van der Waals surface area contributed by atoms with Crippen LogP contribution < -0.4 is 27.4 Å². The third-order valence-electron chi connectivity index (χ3n) is 4.47. The second kappa shape index (κ2) is 12.7. The number of hydrogen-bond donors (Lipinski definition) is 8. The summed E-state index contributed by atoms with van der Waals surface area (Å²) in [5.74, 6) is -4.91. The number of imidazole rings is 1. The van der Waals surface area contributed by atoms with Crippen molar-refractivity contribution in [3.05, 3.63) is 18.2 Å². The van der Waals surface area contributed by atoms with Gasteiger partial charge in [0.1, 0.15) is 18.1 Å². The smallest absolute Gasteiger partial charge is 0.326 e. The van der Waals surface area contributed by atoms with E-state index in [-0.39, 0.29) is 18.1 Å². The third-order valence-corrected chi connectivity index (χ3v) is 4.83. The van der Waals surface area contributed by atoms with Gasteiger partial charge in [0.15, 0.2) is 0 Å². The van der Waals surface area contributed by atoms with Gasteiger partial charge in [-0.1, -0.05) is 13.8 Å². The van der Waals surface area contributed by atoms with Crippen LogP contribution in [0.5, 0.6) is 0 Å². The minimum absolute atomic E-state index is 0.0305. The quantitative estimate of drug-likeness (QED) is 0.141. The Morgan fingerprint density at radius 3 is 2.09 bits per heavy atom. The van der Waals surface area contributed by atoms with Crippen LogP contribution >= 0.6 is 12.6 Å². The molecule has 14 heteroatoms. The SMILES string of the molecule is CC(C)C(N)C(=O)NC(Cc1cnc[nH]1)C(=O)NC(CS)C(=O)NC(CC(N)=O)C(=O)O. The molecule has 13 nitrogen and oxygen atoms in total. The van der Waals surface area contributed by atoms with Crippen LogP contribution in [0.2, 0.25) is 0 Å². The summed E-state index contributed by atoms with van der Waals surface area (Å²) < 4.78 is 0. The molecule has 32 heavy (non-hydrogen) atoms. The topological polar surface area (TPSA) is 222 Å². The van der Waals surface area contributed by atoms with Crippen LogP contribution in [0, 0.1) is 5.92 Å². The largest absolute Gasteiger partial charge is 0.480 e. The highest BCUT2D eigenvalue weighted by molar-refractivity contribution is 7.80. The summed E-state index contributed by atoms with van der Waals surface area (Å²) in [6, 6.07) is -4.78. The van der Waals surface area contributed by atoms with E-state index < -0.39 is 60.2 Å². The Morgan fingerprint density at radius 2 is 1.62 bits per heavy atom. The molecular formula is C18H29N7O6S. The molecule has 0 aliphatic carbocycles. The average molecular weight is 472 g/mol. The number of carbonyl (C=O) groups excluding carboxylic acids is 4. The molecule has 1 rings (SSSR count). The van der Waals surface area contributed by atoms with Gasteiger partial charge in [-0.05, 0) is 5.92 Å². The first kappa shape index (κ1) is 26.9. The molecule has 0 fully saturated rings. The van der Waals surface area contributed by atoms with Crippen molar-refractivity contribution in [3.63, 3.8) is 0 Å². The molecule has 0 aromatic carbocycles. The number of hydrogen-bond acceptors (Lipinski definition) is 8. The summed E-state index contributed by atoms with van der Waals surface area (Å²) in [6.07, 6.45) is 2.28. The molecule has 0 bridgehead atoms. The molecule has 4 unspecified atom stereocenters. The van der Waals surface area contributed by atoms with E-state index in [1.165, 1.54) is 12.5 Å². The Bertz CT molecular complexity index is 817. The zero-order chi connectivity index (χ0) is 24.4. The number of H-pyrrole nitrogens is 1. The van der Waals surface area contributed by atoms with Crippen LogP contribution in [0.4, 0.5) is 0 Å². The highest BCUT2D eigenvalue weighted by atomic mass is 32.1. The Kier molecular flexibility index (Phi) is 10.6. The van der Waals surface area contributed by atoms with Crippen molar-refractivity contribution < 1.29 is 29.1 Å². The summed E-state index contributed by atoms with van der Waals surface area (Å²) >= 11 is 4.02. The fourth-order valence-corrected chi connectivity index (χ4v) is 2.79. The standard InChI is InChI=1S/C18H29N7O6S/c1-8(2)14(20)17(29)23-10(3-9-5-21-7-22-9)15(27)25-12(6-32)16(28)24-11(18(30)31)4-13(19)26/h5,7-8,10-12,14,32H,3-4,6,20H2,1-2H3,(H2,19,26)(H,21,22)(H,23,29)(H,24,28)(H,25,27)(H,30,31). The summed E-state index contributed by atoms with van der Waals surface area (Å²) in [7, 11) is 0. The molecule has 0 spiro atoms. The van der Waals surface area contributed by atoms with Crippen molar-refractivity contribution in [1.82, 2.24) is 25.9 Å². The number of aromatic nitrogens is 2. The maximum absolute atomic E-state index is 12.9. The molecule has 9 N–H and O–H groups in total. The van der Waals surface area contributed by atoms with Gasteiger partial charge in [-0.2, -0.15) is 12.6 Å². The van der Waals surface area contributed by atoms with Crippen molar-refractivity contribution in [2.45, 2.75) is 50.9 Å². The van der Waals surface area contributed by atoms with E-state index in [1.807, 2.05) is 0 Å². The summed E-state index contributed by atoms with van der Waals surface area (Å²) in [5, 5.41) is 16.3. The molecule has 0 aliphatic rings. The number of nitrogens with two attached hydrogens (primary N) is 2. The van der Waals surface area contributed by atoms with Gasteiger partial charge in [0.25, 0.3) is 0 Å². The van der Waals surface area contributed by atoms with Gasteiger partial charge in [0.05, 0.1) is 18.8 Å². The lowest BCUT2D eigenvalue weighted by atomic mass is 10.0. The maximum atomic E-state index is 12.9. The zero-order valence-electron chi connectivity index (χ0n) is 17.7. The van der Waals surface area contributed by atoms with Crippen LogP contribution in [0.25, 0.3) is 0 Å². The van der Waals surface area contributed by atoms with E-state index in [2.05, 4.69) is 38.5 Å². The van der Waals surface area contributed by atoms with Crippen LogP contribution in [-0.2, 0) is 30.4 Å². The Morgan fingerprint density at radius 1 is 1.06 bits per heavy atom. The molecule has 0 aliphatic heterocycles. The number of thiol groups is 1. The lowest BCUT2D eigenvalue weighted by Gasteiger charge is -2.24. The first-order valence-corrected chi connectivity index (χ1v) is 10.3. The fourth-order valence-electron chi connectivity index (χ4n) is 2.54. The van der Waals surface area contributed by atoms with Crippen molar-refractivity contribution in [1.29, 1.82) is 0 Å². The number of primary amides is 1. The first-order chi connectivity index (χ1) is 15.0. The number of nitrogens with one attached hydrogen (secondary N) is 4. The van der Waals surface area contributed by atoms with Gasteiger partial charge in [-0.15, -0.1) is 0 Å². The lowest BCUT2D eigenvalue weighted by molar-refractivity contribution is -0.143. The minimum Gasteiger partial charge on any atom is -0.480 e. The normalized spacial score (nSPS) is 14.7. The van der Waals surface area contributed by atoms with Crippen molar-refractivity contribution >= 4 is 42.2 Å². The van der Waals surface area contributed by atoms with Crippen molar-refractivity contribution in [2.75, 3.05) is 5.75 Å². The van der Waals surface area contributed by atoms with E-state index in [1.54, 1.807) is 13.8 Å². The fraction of sp³-hybridized carbons (Fsp3) is 0.556. The lowest BCUT2D eigenvalue weighted by Crippen LogP contribution is -2.58. The maximum Gasteiger partial charge on any atom is 0.326 e. The highest BCUT2D eigenvalue weighted by Crippen LogP contribution is 2.04. The zero-order valence-corrected chi connectivity index (χ0v) is 18.6. The molecular weight excluding hydrogens is 442 g/mol. The van der Waals surface area contributed by atoms with E-state index >= 15 is 0 Å². The molecule has 4 amide bonds. The number of carbonyl (C=O) groups is 5. The molecule has 0 saturated heterocycles. The van der Waals surface area contributed by atoms with E-state index in [0.717, 1.165) is 0 Å². The monoisotopic (exact) mass is 471 g/mol. The first-order valence-electron chi connectivity index (χ1n) is 9.72. The van der Waals surface area contributed by atoms with Crippen molar-refractivity contribution in [3.8, 4) is 0 Å². The molecule has 1 aromatic rings. The van der Waals surface area contributed by atoms with Gasteiger partial charge < -0.3 is 37.5 Å². The Hall–Kier alpha value is -3.13. The van der Waals surface area contributed by atoms with Crippen molar-refractivity contribution in [2.24, 2.45) is 17.4 Å². The predicted molar refractivity (Wildman–Crippen MR) is 116 cm³/mol. The van der Waals surface area contributed by atoms with Crippen LogP contribution in [0.1, 0.15) is 26.0 Å². The number of carboxylic acids is 1. The van der Waals surface area contributed by atoms with Gasteiger partial charge in [0.2, 0.25) is 23.6 Å². The van der Waals surface area contributed by atoms with Gasteiger partial charge in [0, 0.05) is 24.1 Å². The molecule has 0 saturated carbocycles. The minimum atomic E-state index is -1.57. The van der Waals surface area contributed by atoms with Crippen LogP contribution in [0.15, 0.2) is 12.5 Å². The molecule has 4 atom stereocenters. The number of aromatic amines is 1. The number of amides is 4. The second-order valence-corrected chi connectivity index (χ2v) is 7.79. The van der Waals surface area contributed by atoms with Gasteiger partial charge >= 0.3 is 5.97 Å². The number of nitrogens with zero attached hydrogens (tertiary/aromatic N) is 1. The predicted octanol–water partition coefficient (Wildman–Crippen LogP) is -2.72. The van der Waals surface area contributed by atoms with E-state index in [4.69, 9.17) is 16.6 Å². The summed E-state index contributed by atoms with van der Waals surface area (Å²) in [6.45, 7) is 3.50. The van der Waals surface area contributed by atoms with Crippen LogP contribution in [0.3, 0.4) is 0 Å². The highest BCUT2D eigenvalue weighted by Gasteiger charge is 2.31. The summed E-state index contributed by atoms with van der Waals surface area (Å²) in [5.41, 5.74) is 11.4. The molecule has 1 heterocycles.